The number of sulfonamides is 1. The van der Waals surface area contributed by atoms with Crippen LogP contribution < -0.4 is 9.62 Å². The number of amides is 2. The molecule has 11 heteroatoms. The van der Waals surface area contributed by atoms with Crippen molar-refractivity contribution in [3.63, 3.8) is 0 Å². The van der Waals surface area contributed by atoms with Gasteiger partial charge in [-0.2, -0.15) is 0 Å². The molecule has 0 saturated heterocycles. The first-order valence-corrected chi connectivity index (χ1v) is 17.2. The van der Waals surface area contributed by atoms with E-state index in [9.17, 15) is 18.0 Å². The molecule has 0 spiro atoms. The van der Waals surface area contributed by atoms with Gasteiger partial charge in [0, 0.05) is 37.5 Å². The van der Waals surface area contributed by atoms with Crippen LogP contribution in [0.4, 0.5) is 5.69 Å². The molecule has 0 heterocycles. The highest BCUT2D eigenvalue weighted by Gasteiger charge is 2.30. The minimum atomic E-state index is -3.66. The molecule has 0 aliphatic rings. The number of unbranched alkanes of at least 4 members (excludes halogenated alkanes) is 1. The first kappa shape index (κ1) is 34.7. The lowest BCUT2D eigenvalue weighted by Gasteiger charge is -2.32. The van der Waals surface area contributed by atoms with Gasteiger partial charge in [0.15, 0.2) is 0 Å². The summed E-state index contributed by atoms with van der Waals surface area (Å²) in [6.45, 7) is 4.53. The van der Waals surface area contributed by atoms with Crippen molar-refractivity contribution >= 4 is 62.3 Å². The van der Waals surface area contributed by atoms with E-state index in [1.54, 1.807) is 48.2 Å². The zero-order valence-corrected chi connectivity index (χ0v) is 27.7. The van der Waals surface area contributed by atoms with Crippen LogP contribution in [0.2, 0.25) is 15.1 Å². The van der Waals surface area contributed by atoms with Gasteiger partial charge in [-0.25, -0.2) is 8.42 Å². The number of carbonyl (C=O) groups excluding carboxylic acids is 2. The van der Waals surface area contributed by atoms with Crippen LogP contribution in [-0.2, 0) is 32.6 Å². The molecule has 0 aromatic heterocycles. The van der Waals surface area contributed by atoms with E-state index in [2.05, 4.69) is 5.32 Å². The Balaban J connectivity index is 1.91. The maximum absolute atomic E-state index is 14.0. The predicted molar refractivity (Wildman–Crippen MR) is 176 cm³/mol. The Morgan fingerprint density at radius 1 is 0.907 bits per heavy atom. The van der Waals surface area contributed by atoms with Crippen molar-refractivity contribution < 1.29 is 18.0 Å². The summed E-state index contributed by atoms with van der Waals surface area (Å²) in [5.41, 5.74) is 2.83. The number of rotatable bonds is 15. The Kier molecular flexibility index (Phi) is 13.2. The fourth-order valence-corrected chi connectivity index (χ4v) is 6.23. The second-order valence-electron chi connectivity index (χ2n) is 10.5. The lowest BCUT2D eigenvalue weighted by molar-refractivity contribution is -0.141. The number of halogens is 3. The Morgan fingerprint density at radius 3 is 2.28 bits per heavy atom. The maximum Gasteiger partial charge on any atom is 0.243 e. The molecule has 1 N–H and O–H groups in total. The molecule has 43 heavy (non-hydrogen) atoms. The van der Waals surface area contributed by atoms with Crippen molar-refractivity contribution in [2.24, 2.45) is 0 Å². The molecule has 3 aromatic carbocycles. The first-order chi connectivity index (χ1) is 20.4. The van der Waals surface area contributed by atoms with Crippen molar-refractivity contribution in [3.05, 3.63) is 98.5 Å². The zero-order chi connectivity index (χ0) is 31.6. The quantitative estimate of drug-likeness (QED) is 0.176. The van der Waals surface area contributed by atoms with E-state index in [0.717, 1.165) is 35.8 Å². The third-order valence-corrected chi connectivity index (χ3v) is 9.18. The van der Waals surface area contributed by atoms with Crippen LogP contribution in [0.3, 0.4) is 0 Å². The van der Waals surface area contributed by atoms with Crippen LogP contribution >= 0.6 is 34.8 Å². The Labute approximate surface area is 270 Å². The fourth-order valence-electron chi connectivity index (χ4n) is 4.73. The minimum Gasteiger partial charge on any atom is -0.354 e. The van der Waals surface area contributed by atoms with Crippen LogP contribution in [0.1, 0.15) is 49.3 Å². The summed E-state index contributed by atoms with van der Waals surface area (Å²) in [6, 6.07) is 18.9. The van der Waals surface area contributed by atoms with E-state index >= 15 is 0 Å². The lowest BCUT2D eigenvalue weighted by Crippen LogP contribution is -2.50. The summed E-state index contributed by atoms with van der Waals surface area (Å²) in [5, 5.41) is 4.14. The van der Waals surface area contributed by atoms with Gasteiger partial charge in [-0.15, -0.1) is 0 Å². The third kappa shape index (κ3) is 10.4. The second-order valence-corrected chi connectivity index (χ2v) is 13.6. The molecule has 0 aliphatic heterocycles. The van der Waals surface area contributed by atoms with Crippen LogP contribution in [0.15, 0.2) is 66.7 Å². The number of carbonyl (C=O) groups is 2. The first-order valence-electron chi connectivity index (χ1n) is 14.2. The molecule has 0 fully saturated rings. The monoisotopic (exact) mass is 665 g/mol. The average molecular weight is 667 g/mol. The Hall–Kier alpha value is -2.78. The van der Waals surface area contributed by atoms with E-state index in [-0.39, 0.29) is 37.7 Å². The van der Waals surface area contributed by atoms with Crippen molar-refractivity contribution in [2.75, 3.05) is 23.7 Å². The maximum atomic E-state index is 14.0. The standard InChI is InChI=1S/C32H38Cl3N3O4S/c1-4-5-17-36-32(40)30(20-24-10-7-6-8-11-24)37(22-25-14-16-27(34)28(35)19-25)31(39)12-9-18-38(43(3,41)42)29-21-26(33)15-13-23(29)2/h6-8,10-11,13-16,19,21,30H,4-5,9,12,17-18,20,22H2,1-3H3,(H,36,40). The zero-order valence-electron chi connectivity index (χ0n) is 24.7. The van der Waals surface area contributed by atoms with Gasteiger partial charge in [-0.3, -0.25) is 13.9 Å². The van der Waals surface area contributed by atoms with Crippen molar-refractivity contribution in [2.45, 2.75) is 58.5 Å². The molecule has 232 valence electrons. The number of benzene rings is 3. The lowest BCUT2D eigenvalue weighted by atomic mass is 10.0. The molecule has 0 saturated carbocycles. The molecule has 3 aromatic rings. The molecular formula is C32H38Cl3N3O4S. The highest BCUT2D eigenvalue weighted by Crippen LogP contribution is 2.28. The predicted octanol–water partition coefficient (Wildman–Crippen LogP) is 7.06. The Morgan fingerprint density at radius 2 is 1.63 bits per heavy atom. The average Bonchev–Trinajstić information content (AvgIpc) is 2.96. The number of nitrogens with one attached hydrogen (secondary N) is 1. The molecule has 0 bridgehead atoms. The molecule has 1 unspecified atom stereocenters. The van der Waals surface area contributed by atoms with E-state index in [0.29, 0.717) is 33.7 Å². The van der Waals surface area contributed by atoms with Gasteiger partial charge in [0.2, 0.25) is 21.8 Å². The second kappa shape index (κ2) is 16.3. The van der Waals surface area contributed by atoms with E-state index in [1.165, 1.54) is 4.31 Å². The fraction of sp³-hybridized carbons (Fsp3) is 0.375. The van der Waals surface area contributed by atoms with Gasteiger partial charge in [0.25, 0.3) is 0 Å². The molecule has 0 aliphatic carbocycles. The highest BCUT2D eigenvalue weighted by molar-refractivity contribution is 7.92. The molecule has 3 rings (SSSR count). The SMILES string of the molecule is CCCCNC(=O)C(Cc1ccccc1)N(Cc1ccc(Cl)c(Cl)c1)C(=O)CCCN(c1cc(Cl)ccc1C)S(C)(=O)=O. The van der Waals surface area contributed by atoms with Gasteiger partial charge in [0.1, 0.15) is 6.04 Å². The molecule has 1 atom stereocenters. The van der Waals surface area contributed by atoms with Gasteiger partial charge >= 0.3 is 0 Å². The molecule has 7 nitrogen and oxygen atoms in total. The van der Waals surface area contributed by atoms with Crippen LogP contribution in [0, 0.1) is 6.92 Å². The summed E-state index contributed by atoms with van der Waals surface area (Å²) >= 11 is 18.6. The largest absolute Gasteiger partial charge is 0.354 e. The van der Waals surface area contributed by atoms with Crippen LogP contribution in [0.5, 0.6) is 0 Å². The number of anilines is 1. The number of aryl methyl sites for hydroxylation is 1. The normalized spacial score (nSPS) is 12.0. The van der Waals surface area contributed by atoms with Gasteiger partial charge in [0.05, 0.1) is 22.0 Å². The van der Waals surface area contributed by atoms with Crippen molar-refractivity contribution in [3.8, 4) is 0 Å². The summed E-state index contributed by atoms with van der Waals surface area (Å²) in [4.78, 5) is 29.1. The third-order valence-electron chi connectivity index (χ3n) is 7.03. The Bertz CT molecular complexity index is 1500. The van der Waals surface area contributed by atoms with Crippen LogP contribution in [-0.4, -0.2) is 50.5 Å². The van der Waals surface area contributed by atoms with E-state index in [4.69, 9.17) is 34.8 Å². The van der Waals surface area contributed by atoms with Gasteiger partial charge in [-0.05, 0) is 60.7 Å². The summed E-state index contributed by atoms with van der Waals surface area (Å²) in [6.07, 6.45) is 3.41. The van der Waals surface area contributed by atoms with Crippen molar-refractivity contribution in [1.82, 2.24) is 10.2 Å². The van der Waals surface area contributed by atoms with Gasteiger partial charge in [-0.1, -0.05) is 90.6 Å². The van der Waals surface area contributed by atoms with Crippen LogP contribution in [0.25, 0.3) is 0 Å². The van der Waals surface area contributed by atoms with E-state index < -0.39 is 16.1 Å². The minimum absolute atomic E-state index is 0.0144. The summed E-state index contributed by atoms with van der Waals surface area (Å²) in [5.74, 6) is -0.535. The van der Waals surface area contributed by atoms with Crippen molar-refractivity contribution in [1.29, 1.82) is 0 Å². The highest BCUT2D eigenvalue weighted by atomic mass is 35.5. The van der Waals surface area contributed by atoms with Gasteiger partial charge < -0.3 is 10.2 Å². The number of hydrogen-bond acceptors (Lipinski definition) is 4. The number of hydrogen-bond donors (Lipinski definition) is 1. The smallest absolute Gasteiger partial charge is 0.243 e. The molecule has 2 amide bonds. The molecular weight excluding hydrogens is 629 g/mol. The summed E-state index contributed by atoms with van der Waals surface area (Å²) in [7, 11) is -3.66. The molecule has 0 radical (unpaired) electrons. The number of nitrogens with zero attached hydrogens (tertiary/aromatic N) is 2. The van der Waals surface area contributed by atoms with E-state index in [1.807, 2.05) is 37.3 Å². The topological polar surface area (TPSA) is 86.8 Å². The summed E-state index contributed by atoms with van der Waals surface area (Å²) < 4.78 is 26.8.